The van der Waals surface area contributed by atoms with Crippen molar-refractivity contribution in [1.29, 1.82) is 0 Å². The first kappa shape index (κ1) is 15.4. The third-order valence-corrected chi connectivity index (χ3v) is 2.81. The molecule has 0 atom stereocenters. The third-order valence-electron chi connectivity index (χ3n) is 2.81. The Bertz CT molecular complexity index is 502. The molecule has 1 saturated carbocycles. The van der Waals surface area contributed by atoms with E-state index in [2.05, 4.69) is 15.8 Å². The van der Waals surface area contributed by atoms with Crippen molar-refractivity contribution in [1.82, 2.24) is 10.9 Å². The van der Waals surface area contributed by atoms with Crippen molar-refractivity contribution < 1.29 is 9.53 Å². The van der Waals surface area contributed by atoms with E-state index in [-0.39, 0.29) is 0 Å². The van der Waals surface area contributed by atoms with E-state index in [9.17, 15) is 4.79 Å². The molecule has 0 radical (unpaired) electrons. The van der Waals surface area contributed by atoms with Gasteiger partial charge in [0.25, 0.3) is 0 Å². The molecule has 0 aliphatic heterocycles. The fraction of sp³-hybridized carbons (Fsp3) is 0.500. The maximum Gasteiger partial charge on any atom is 0.426 e. The number of carbonyl (C=O) groups excluding carboxylic acids is 1. The van der Waals surface area contributed by atoms with Gasteiger partial charge in [-0.15, -0.1) is 0 Å². The first-order chi connectivity index (χ1) is 9.92. The number of nitrogens with one attached hydrogen (secondary N) is 2. The van der Waals surface area contributed by atoms with E-state index in [1.807, 2.05) is 51.1 Å². The second kappa shape index (κ2) is 6.61. The average Bonchev–Trinajstić information content (AvgIpc) is 3.19. The first-order valence-corrected chi connectivity index (χ1v) is 7.28. The van der Waals surface area contributed by atoms with Gasteiger partial charge in [0, 0.05) is 6.42 Å². The molecular weight excluding hydrogens is 266 g/mol. The van der Waals surface area contributed by atoms with E-state index < -0.39 is 11.7 Å². The van der Waals surface area contributed by atoms with Crippen LogP contribution in [0.2, 0.25) is 0 Å². The molecule has 114 valence electrons. The lowest BCUT2D eigenvalue weighted by molar-refractivity contribution is 0.0512. The predicted octanol–water partition coefficient (Wildman–Crippen LogP) is 2.82. The van der Waals surface area contributed by atoms with Crippen LogP contribution in [0.5, 0.6) is 0 Å². The highest BCUT2D eigenvalue weighted by Gasteiger charge is 2.21. The zero-order valence-electron chi connectivity index (χ0n) is 12.8. The fourth-order valence-corrected chi connectivity index (χ4v) is 1.76. The molecule has 2 N–H and O–H groups in total. The number of aliphatic imine (C=N–C) groups is 1. The van der Waals surface area contributed by atoms with Gasteiger partial charge in [-0.3, -0.25) is 10.4 Å². The van der Waals surface area contributed by atoms with Gasteiger partial charge in [0.2, 0.25) is 0 Å². The number of hydrogen-bond donors (Lipinski definition) is 2. The molecule has 0 unspecified atom stereocenters. The van der Waals surface area contributed by atoms with Crippen molar-refractivity contribution in [3.8, 4) is 0 Å². The number of hydrogen-bond acceptors (Lipinski definition) is 3. The Morgan fingerprint density at radius 1 is 1.24 bits per heavy atom. The Labute approximate surface area is 125 Å². The van der Waals surface area contributed by atoms with Crippen LogP contribution in [0.1, 0.15) is 39.2 Å². The van der Waals surface area contributed by atoms with Gasteiger partial charge in [-0.25, -0.2) is 10.2 Å². The monoisotopic (exact) mass is 289 g/mol. The summed E-state index contributed by atoms with van der Waals surface area (Å²) in [6, 6.07) is 10.4. The molecule has 1 fully saturated rings. The Hall–Kier alpha value is -2.04. The molecule has 1 aromatic carbocycles. The van der Waals surface area contributed by atoms with Crippen LogP contribution in [-0.4, -0.2) is 23.6 Å². The number of ether oxygens (including phenoxy) is 1. The number of rotatable bonds is 3. The van der Waals surface area contributed by atoms with Crippen LogP contribution >= 0.6 is 0 Å². The molecule has 1 aliphatic rings. The summed E-state index contributed by atoms with van der Waals surface area (Å²) >= 11 is 0. The highest BCUT2D eigenvalue weighted by atomic mass is 16.6. The smallest absolute Gasteiger partial charge is 0.426 e. The maximum absolute atomic E-state index is 11.7. The van der Waals surface area contributed by atoms with Gasteiger partial charge >= 0.3 is 6.09 Å². The van der Waals surface area contributed by atoms with Gasteiger partial charge in [-0.2, -0.15) is 0 Å². The largest absolute Gasteiger partial charge is 0.443 e. The molecule has 5 nitrogen and oxygen atoms in total. The lowest BCUT2D eigenvalue weighted by Gasteiger charge is -2.20. The summed E-state index contributed by atoms with van der Waals surface area (Å²) in [5.74, 6) is 0.759. The summed E-state index contributed by atoms with van der Waals surface area (Å²) in [6.07, 6.45) is 2.39. The van der Waals surface area contributed by atoms with Gasteiger partial charge in [-0.05, 0) is 39.2 Å². The van der Waals surface area contributed by atoms with Crippen LogP contribution in [0.25, 0.3) is 0 Å². The molecule has 0 aromatic heterocycles. The Kier molecular flexibility index (Phi) is 4.83. The fourth-order valence-electron chi connectivity index (χ4n) is 1.76. The minimum atomic E-state index is -0.515. The van der Waals surface area contributed by atoms with Crippen LogP contribution < -0.4 is 10.9 Å². The lowest BCUT2D eigenvalue weighted by Crippen LogP contribution is -2.45. The van der Waals surface area contributed by atoms with Crippen molar-refractivity contribution in [2.75, 3.05) is 0 Å². The minimum Gasteiger partial charge on any atom is -0.443 e. The van der Waals surface area contributed by atoms with Crippen LogP contribution in [-0.2, 0) is 11.2 Å². The summed E-state index contributed by atoms with van der Waals surface area (Å²) in [7, 11) is 0. The number of carbonyl (C=O) groups is 1. The maximum atomic E-state index is 11.7. The third kappa shape index (κ3) is 6.29. The first-order valence-electron chi connectivity index (χ1n) is 7.28. The molecule has 2 rings (SSSR count). The minimum absolute atomic E-state index is 0.386. The molecule has 1 aliphatic carbocycles. The molecule has 1 amide bonds. The number of amides is 1. The second-order valence-electron chi connectivity index (χ2n) is 6.22. The van der Waals surface area contributed by atoms with E-state index in [4.69, 9.17) is 4.74 Å². The molecule has 0 spiro atoms. The second-order valence-corrected chi connectivity index (χ2v) is 6.22. The van der Waals surface area contributed by atoms with Gasteiger partial charge in [0.15, 0.2) is 0 Å². The lowest BCUT2D eigenvalue weighted by atomic mass is 10.1. The van der Waals surface area contributed by atoms with Gasteiger partial charge in [0.05, 0.1) is 6.04 Å². The van der Waals surface area contributed by atoms with Gasteiger partial charge in [0.1, 0.15) is 11.4 Å². The Morgan fingerprint density at radius 3 is 2.48 bits per heavy atom. The zero-order valence-corrected chi connectivity index (χ0v) is 12.8. The van der Waals surface area contributed by atoms with Gasteiger partial charge < -0.3 is 4.74 Å². The number of amidine groups is 1. The molecule has 21 heavy (non-hydrogen) atoms. The van der Waals surface area contributed by atoms with Crippen molar-refractivity contribution in [2.45, 2.75) is 51.7 Å². The summed E-state index contributed by atoms with van der Waals surface area (Å²) < 4.78 is 5.19. The van der Waals surface area contributed by atoms with Crippen LogP contribution in [0.4, 0.5) is 4.79 Å². The van der Waals surface area contributed by atoms with Crippen LogP contribution in [0.15, 0.2) is 35.3 Å². The summed E-state index contributed by atoms with van der Waals surface area (Å²) in [4.78, 5) is 16.3. The van der Waals surface area contributed by atoms with E-state index in [0.29, 0.717) is 12.5 Å². The summed E-state index contributed by atoms with van der Waals surface area (Å²) in [5.41, 5.74) is 6.07. The normalized spacial score (nSPS) is 15.5. The summed E-state index contributed by atoms with van der Waals surface area (Å²) in [5, 5.41) is 0. The molecular formula is C16H23N3O2. The Morgan fingerprint density at radius 2 is 1.90 bits per heavy atom. The van der Waals surface area contributed by atoms with Crippen molar-refractivity contribution in [3.05, 3.63) is 35.9 Å². The average molecular weight is 289 g/mol. The quantitative estimate of drug-likeness (QED) is 0.511. The topological polar surface area (TPSA) is 62.7 Å². The van der Waals surface area contributed by atoms with Gasteiger partial charge in [-0.1, -0.05) is 30.3 Å². The van der Waals surface area contributed by atoms with Crippen molar-refractivity contribution in [2.24, 2.45) is 4.99 Å². The van der Waals surface area contributed by atoms with E-state index in [0.717, 1.165) is 24.2 Å². The van der Waals surface area contributed by atoms with E-state index in [1.54, 1.807) is 0 Å². The predicted molar refractivity (Wildman–Crippen MR) is 83.1 cm³/mol. The molecule has 5 heteroatoms. The highest BCUT2D eigenvalue weighted by molar-refractivity contribution is 5.86. The van der Waals surface area contributed by atoms with Crippen molar-refractivity contribution in [3.63, 3.8) is 0 Å². The molecule has 0 heterocycles. The molecule has 0 saturated heterocycles. The molecule has 1 aromatic rings. The van der Waals surface area contributed by atoms with E-state index >= 15 is 0 Å². The SMILES string of the molecule is CC(C)(C)OC(=O)NNC(Cc1ccccc1)=NC1CC1. The van der Waals surface area contributed by atoms with E-state index in [1.165, 1.54) is 0 Å². The standard InChI is InChI=1S/C16H23N3O2/c1-16(2,3)21-15(20)19-18-14(17-13-9-10-13)11-12-7-5-4-6-8-12/h4-8,13H,9-11H2,1-3H3,(H,17,18)(H,19,20). The zero-order chi connectivity index (χ0) is 15.3. The molecule has 0 bridgehead atoms. The van der Waals surface area contributed by atoms with Crippen molar-refractivity contribution >= 4 is 11.9 Å². The number of benzene rings is 1. The summed E-state index contributed by atoms with van der Waals surface area (Å²) in [6.45, 7) is 5.49. The highest BCUT2D eigenvalue weighted by Crippen LogP contribution is 2.23. The van der Waals surface area contributed by atoms with Crippen LogP contribution in [0.3, 0.4) is 0 Å². The number of nitrogens with zero attached hydrogens (tertiary/aromatic N) is 1. The Balaban J connectivity index is 1.90. The van der Waals surface area contributed by atoms with Crippen LogP contribution in [0, 0.1) is 0 Å². The number of hydrazine groups is 1.